The van der Waals surface area contributed by atoms with Gasteiger partial charge in [-0.1, -0.05) is 0 Å². The SMILES string of the molecule is FC(F)(F)Oc1ccc(-c2ccnc(Nc3ccc4[nH]ncc4c3)n2)cc1. The summed E-state index contributed by atoms with van der Waals surface area (Å²) in [6.07, 6.45) is -1.44. The second kappa shape index (κ2) is 6.60. The third-order valence-electron chi connectivity index (χ3n) is 3.74. The van der Waals surface area contributed by atoms with Crippen molar-refractivity contribution < 1.29 is 17.9 Å². The molecule has 27 heavy (non-hydrogen) atoms. The van der Waals surface area contributed by atoms with Gasteiger partial charge in [0.2, 0.25) is 5.95 Å². The number of nitrogens with one attached hydrogen (secondary N) is 2. The number of H-pyrrole nitrogens is 1. The quantitative estimate of drug-likeness (QED) is 0.546. The molecule has 0 aliphatic heterocycles. The van der Waals surface area contributed by atoms with Gasteiger partial charge < -0.3 is 10.1 Å². The zero-order valence-corrected chi connectivity index (χ0v) is 13.7. The van der Waals surface area contributed by atoms with Gasteiger partial charge >= 0.3 is 6.36 Å². The number of alkyl halides is 3. The summed E-state index contributed by atoms with van der Waals surface area (Å²) in [5, 5.41) is 10.9. The first-order chi connectivity index (χ1) is 13.0. The van der Waals surface area contributed by atoms with Gasteiger partial charge in [0.25, 0.3) is 0 Å². The number of aromatic nitrogens is 4. The first kappa shape index (κ1) is 16.8. The number of rotatable bonds is 4. The molecule has 136 valence electrons. The lowest BCUT2D eigenvalue weighted by Gasteiger charge is -2.10. The standard InChI is InChI=1S/C18H12F3N5O/c19-18(20,21)27-14-4-1-11(2-5-14)15-7-8-22-17(25-15)24-13-3-6-16-12(9-13)10-23-26-16/h1-10H,(H,23,26)(H,22,24,25). The van der Waals surface area contributed by atoms with E-state index < -0.39 is 6.36 Å². The summed E-state index contributed by atoms with van der Waals surface area (Å²) in [5.74, 6) is 0.0815. The third-order valence-corrected chi connectivity index (χ3v) is 3.74. The van der Waals surface area contributed by atoms with Crippen LogP contribution in [0.4, 0.5) is 24.8 Å². The molecule has 0 amide bonds. The largest absolute Gasteiger partial charge is 0.573 e. The van der Waals surface area contributed by atoms with E-state index in [4.69, 9.17) is 0 Å². The highest BCUT2D eigenvalue weighted by atomic mass is 19.4. The molecule has 2 aromatic carbocycles. The minimum Gasteiger partial charge on any atom is -0.406 e. The molecular weight excluding hydrogens is 359 g/mol. The van der Waals surface area contributed by atoms with Crippen LogP contribution in [-0.2, 0) is 0 Å². The van der Waals surface area contributed by atoms with Crippen molar-refractivity contribution in [3.05, 3.63) is 60.9 Å². The molecule has 0 spiro atoms. The van der Waals surface area contributed by atoms with E-state index in [0.29, 0.717) is 17.2 Å². The second-order valence-corrected chi connectivity index (χ2v) is 5.63. The number of nitrogens with zero attached hydrogens (tertiary/aromatic N) is 3. The molecule has 4 aromatic rings. The maximum absolute atomic E-state index is 12.2. The molecule has 4 rings (SSSR count). The number of hydrogen-bond donors (Lipinski definition) is 2. The number of ether oxygens (including phenoxy) is 1. The third kappa shape index (κ3) is 3.97. The van der Waals surface area contributed by atoms with Crippen LogP contribution in [0.2, 0.25) is 0 Å². The number of benzene rings is 2. The van der Waals surface area contributed by atoms with Gasteiger partial charge in [0, 0.05) is 22.8 Å². The Hall–Kier alpha value is -3.62. The molecule has 0 radical (unpaired) electrons. The van der Waals surface area contributed by atoms with E-state index in [-0.39, 0.29) is 5.75 Å². The van der Waals surface area contributed by atoms with Crippen LogP contribution in [0.1, 0.15) is 0 Å². The molecule has 0 saturated heterocycles. The van der Waals surface area contributed by atoms with E-state index >= 15 is 0 Å². The van der Waals surface area contributed by atoms with E-state index in [1.165, 1.54) is 24.3 Å². The number of halogens is 3. The predicted molar refractivity (Wildman–Crippen MR) is 93.5 cm³/mol. The average Bonchev–Trinajstić information content (AvgIpc) is 3.09. The lowest BCUT2D eigenvalue weighted by molar-refractivity contribution is -0.274. The zero-order valence-electron chi connectivity index (χ0n) is 13.7. The van der Waals surface area contributed by atoms with Crippen molar-refractivity contribution in [1.82, 2.24) is 20.2 Å². The van der Waals surface area contributed by atoms with Crippen LogP contribution in [0.15, 0.2) is 60.9 Å². The van der Waals surface area contributed by atoms with Crippen LogP contribution in [-0.4, -0.2) is 26.5 Å². The predicted octanol–water partition coefficient (Wildman–Crippen LogP) is 4.66. The van der Waals surface area contributed by atoms with Gasteiger partial charge in [0.15, 0.2) is 0 Å². The van der Waals surface area contributed by atoms with E-state index in [9.17, 15) is 13.2 Å². The smallest absolute Gasteiger partial charge is 0.406 e. The molecule has 0 bridgehead atoms. The number of fused-ring (bicyclic) bond motifs is 1. The van der Waals surface area contributed by atoms with Crippen LogP contribution < -0.4 is 10.1 Å². The molecule has 0 unspecified atom stereocenters. The Bertz CT molecular complexity index is 1080. The molecule has 0 fully saturated rings. The molecule has 9 heteroatoms. The summed E-state index contributed by atoms with van der Waals surface area (Å²) in [6.45, 7) is 0. The van der Waals surface area contributed by atoms with E-state index in [2.05, 4.69) is 30.2 Å². The van der Waals surface area contributed by atoms with Crippen molar-refractivity contribution in [2.24, 2.45) is 0 Å². The van der Waals surface area contributed by atoms with Gasteiger partial charge in [-0.05, 0) is 48.5 Å². The molecule has 2 aromatic heterocycles. The summed E-state index contributed by atoms with van der Waals surface area (Å²) >= 11 is 0. The maximum Gasteiger partial charge on any atom is 0.573 e. The van der Waals surface area contributed by atoms with E-state index in [0.717, 1.165) is 16.6 Å². The van der Waals surface area contributed by atoms with Crippen molar-refractivity contribution in [2.45, 2.75) is 6.36 Å². The van der Waals surface area contributed by atoms with Crippen molar-refractivity contribution in [2.75, 3.05) is 5.32 Å². The Labute approximate surface area is 151 Å². The molecule has 0 aliphatic rings. The zero-order chi connectivity index (χ0) is 18.9. The van der Waals surface area contributed by atoms with E-state index in [1.54, 1.807) is 18.5 Å². The van der Waals surface area contributed by atoms with Crippen molar-refractivity contribution in [1.29, 1.82) is 0 Å². The number of anilines is 2. The topological polar surface area (TPSA) is 75.7 Å². The second-order valence-electron chi connectivity index (χ2n) is 5.63. The Morgan fingerprint density at radius 1 is 1.00 bits per heavy atom. The minimum absolute atomic E-state index is 0.285. The minimum atomic E-state index is -4.72. The Balaban J connectivity index is 1.55. The summed E-state index contributed by atoms with van der Waals surface area (Å²) in [5.41, 5.74) is 2.90. The molecular formula is C18H12F3N5O. The molecule has 2 heterocycles. The number of hydrogen-bond acceptors (Lipinski definition) is 5. The highest BCUT2D eigenvalue weighted by Gasteiger charge is 2.30. The van der Waals surface area contributed by atoms with E-state index in [1.807, 2.05) is 18.2 Å². The van der Waals surface area contributed by atoms with Crippen LogP contribution in [0.5, 0.6) is 5.75 Å². The fourth-order valence-corrected chi connectivity index (χ4v) is 2.56. The summed E-state index contributed by atoms with van der Waals surface area (Å²) in [7, 11) is 0. The van der Waals surface area contributed by atoms with Crippen LogP contribution in [0.25, 0.3) is 22.2 Å². The van der Waals surface area contributed by atoms with Crippen molar-refractivity contribution in [3.8, 4) is 17.0 Å². The highest BCUT2D eigenvalue weighted by molar-refractivity contribution is 5.82. The first-order valence-corrected chi connectivity index (χ1v) is 7.86. The summed E-state index contributed by atoms with van der Waals surface area (Å²) in [6, 6.07) is 12.8. The Morgan fingerprint density at radius 2 is 1.81 bits per heavy atom. The summed E-state index contributed by atoms with van der Waals surface area (Å²) < 4.78 is 40.6. The van der Waals surface area contributed by atoms with Gasteiger partial charge in [-0.25, -0.2) is 9.97 Å². The summed E-state index contributed by atoms with van der Waals surface area (Å²) in [4.78, 5) is 8.58. The molecule has 0 atom stereocenters. The maximum atomic E-state index is 12.2. The lowest BCUT2D eigenvalue weighted by atomic mass is 10.1. The molecule has 6 nitrogen and oxygen atoms in total. The monoisotopic (exact) mass is 371 g/mol. The lowest BCUT2D eigenvalue weighted by Crippen LogP contribution is -2.16. The van der Waals surface area contributed by atoms with Crippen LogP contribution in [0, 0.1) is 0 Å². The first-order valence-electron chi connectivity index (χ1n) is 7.86. The van der Waals surface area contributed by atoms with Crippen LogP contribution >= 0.6 is 0 Å². The molecule has 2 N–H and O–H groups in total. The number of aromatic amines is 1. The highest BCUT2D eigenvalue weighted by Crippen LogP contribution is 2.26. The normalized spacial score (nSPS) is 11.5. The fourth-order valence-electron chi connectivity index (χ4n) is 2.56. The Morgan fingerprint density at radius 3 is 2.59 bits per heavy atom. The molecule has 0 aliphatic carbocycles. The van der Waals surface area contributed by atoms with Gasteiger partial charge in [0.05, 0.1) is 17.4 Å². The Kier molecular flexibility index (Phi) is 4.11. The van der Waals surface area contributed by atoms with Gasteiger partial charge in [0.1, 0.15) is 5.75 Å². The fraction of sp³-hybridized carbons (Fsp3) is 0.0556. The van der Waals surface area contributed by atoms with Crippen molar-refractivity contribution >= 4 is 22.5 Å². The van der Waals surface area contributed by atoms with Crippen LogP contribution in [0.3, 0.4) is 0 Å². The van der Waals surface area contributed by atoms with Gasteiger partial charge in [-0.15, -0.1) is 13.2 Å². The molecule has 0 saturated carbocycles. The van der Waals surface area contributed by atoms with Gasteiger partial charge in [-0.2, -0.15) is 5.10 Å². The van der Waals surface area contributed by atoms with Gasteiger partial charge in [-0.3, -0.25) is 5.10 Å². The van der Waals surface area contributed by atoms with Crippen molar-refractivity contribution in [3.63, 3.8) is 0 Å². The average molecular weight is 371 g/mol.